The van der Waals surface area contributed by atoms with Gasteiger partial charge in [0.1, 0.15) is 5.69 Å². The van der Waals surface area contributed by atoms with Crippen molar-refractivity contribution in [3.63, 3.8) is 0 Å². The van der Waals surface area contributed by atoms with Gasteiger partial charge in [0.15, 0.2) is 0 Å². The molecule has 0 aliphatic rings. The first-order chi connectivity index (χ1) is 11.0. The van der Waals surface area contributed by atoms with Crippen LogP contribution in [0.15, 0.2) is 34.2 Å². The second-order valence-corrected chi connectivity index (χ2v) is 6.50. The SMILES string of the molecule is COCCN(Cc1sccc1Br)C(=O)c1cc(C(=O)O)ccn1. The van der Waals surface area contributed by atoms with Gasteiger partial charge >= 0.3 is 5.97 Å². The zero-order chi connectivity index (χ0) is 16.8. The Morgan fingerprint density at radius 1 is 1.43 bits per heavy atom. The van der Waals surface area contributed by atoms with Gasteiger partial charge in [0, 0.05) is 29.2 Å². The van der Waals surface area contributed by atoms with Crippen molar-refractivity contribution in [1.29, 1.82) is 0 Å². The molecule has 122 valence electrons. The Morgan fingerprint density at radius 3 is 2.83 bits per heavy atom. The lowest BCUT2D eigenvalue weighted by molar-refractivity contribution is 0.0676. The predicted molar refractivity (Wildman–Crippen MR) is 89.8 cm³/mol. The van der Waals surface area contributed by atoms with Crippen LogP contribution in [0.2, 0.25) is 0 Å². The molecule has 6 nitrogen and oxygen atoms in total. The van der Waals surface area contributed by atoms with Crippen LogP contribution in [0, 0.1) is 0 Å². The van der Waals surface area contributed by atoms with Crippen molar-refractivity contribution < 1.29 is 19.4 Å². The van der Waals surface area contributed by atoms with E-state index in [0.29, 0.717) is 19.7 Å². The van der Waals surface area contributed by atoms with Gasteiger partial charge < -0.3 is 14.7 Å². The summed E-state index contributed by atoms with van der Waals surface area (Å²) in [7, 11) is 1.56. The van der Waals surface area contributed by atoms with Crippen LogP contribution in [0.1, 0.15) is 25.7 Å². The molecule has 0 aromatic carbocycles. The van der Waals surface area contributed by atoms with Crippen molar-refractivity contribution in [2.24, 2.45) is 0 Å². The number of carboxylic acid groups (broad SMARTS) is 1. The number of rotatable bonds is 7. The lowest BCUT2D eigenvalue weighted by Crippen LogP contribution is -2.34. The number of hydrogen-bond acceptors (Lipinski definition) is 5. The van der Waals surface area contributed by atoms with E-state index in [1.54, 1.807) is 12.0 Å². The number of aromatic carboxylic acids is 1. The van der Waals surface area contributed by atoms with Crippen LogP contribution in [0.25, 0.3) is 0 Å². The van der Waals surface area contributed by atoms with Crippen molar-refractivity contribution >= 4 is 39.1 Å². The fourth-order valence-electron chi connectivity index (χ4n) is 1.91. The average Bonchev–Trinajstić information content (AvgIpc) is 2.95. The smallest absolute Gasteiger partial charge is 0.335 e. The Hall–Kier alpha value is -1.77. The molecule has 0 saturated heterocycles. The maximum atomic E-state index is 12.7. The van der Waals surface area contributed by atoms with E-state index >= 15 is 0 Å². The molecule has 0 radical (unpaired) electrons. The summed E-state index contributed by atoms with van der Waals surface area (Å²) in [5.74, 6) is -1.42. The highest BCUT2D eigenvalue weighted by Gasteiger charge is 2.20. The number of methoxy groups -OCH3 is 1. The minimum atomic E-state index is -1.09. The lowest BCUT2D eigenvalue weighted by atomic mass is 10.2. The molecular weight excluding hydrogens is 384 g/mol. The fraction of sp³-hybridized carbons (Fsp3) is 0.267. The van der Waals surface area contributed by atoms with Gasteiger partial charge in [-0.05, 0) is 39.5 Å². The molecular formula is C15H15BrN2O4S. The third kappa shape index (κ3) is 4.60. The molecule has 2 rings (SSSR count). The highest BCUT2D eigenvalue weighted by atomic mass is 79.9. The highest BCUT2D eigenvalue weighted by molar-refractivity contribution is 9.10. The number of carbonyl (C=O) groups is 2. The Labute approximate surface area is 145 Å². The van der Waals surface area contributed by atoms with Gasteiger partial charge in [0.25, 0.3) is 5.91 Å². The second kappa shape index (κ2) is 8.19. The molecule has 0 saturated carbocycles. The summed E-state index contributed by atoms with van der Waals surface area (Å²) in [6.07, 6.45) is 1.33. The number of thiophene rings is 1. The van der Waals surface area contributed by atoms with E-state index in [1.807, 2.05) is 11.4 Å². The third-order valence-corrected chi connectivity index (χ3v) is 5.02. The quantitative estimate of drug-likeness (QED) is 0.775. The van der Waals surface area contributed by atoms with Gasteiger partial charge in [-0.25, -0.2) is 4.79 Å². The van der Waals surface area contributed by atoms with Gasteiger partial charge in [0.2, 0.25) is 0 Å². The summed E-state index contributed by atoms with van der Waals surface area (Å²) in [5.41, 5.74) is 0.140. The minimum Gasteiger partial charge on any atom is -0.478 e. The molecule has 2 aromatic heterocycles. The number of ether oxygens (including phenoxy) is 1. The van der Waals surface area contributed by atoms with Gasteiger partial charge in [0.05, 0.1) is 18.7 Å². The van der Waals surface area contributed by atoms with Gasteiger partial charge in [-0.3, -0.25) is 9.78 Å². The van der Waals surface area contributed by atoms with Crippen molar-refractivity contribution in [1.82, 2.24) is 9.88 Å². The van der Waals surface area contributed by atoms with E-state index in [-0.39, 0.29) is 17.2 Å². The van der Waals surface area contributed by atoms with Crippen molar-refractivity contribution in [2.45, 2.75) is 6.54 Å². The van der Waals surface area contributed by atoms with Crippen LogP contribution >= 0.6 is 27.3 Å². The monoisotopic (exact) mass is 398 g/mol. The highest BCUT2D eigenvalue weighted by Crippen LogP contribution is 2.24. The van der Waals surface area contributed by atoms with Crippen molar-refractivity contribution in [3.05, 3.63) is 50.4 Å². The summed E-state index contributed by atoms with van der Waals surface area (Å²) < 4.78 is 5.99. The lowest BCUT2D eigenvalue weighted by Gasteiger charge is -2.21. The molecule has 0 atom stereocenters. The van der Waals surface area contributed by atoms with Gasteiger partial charge in [-0.2, -0.15) is 0 Å². The number of carboxylic acids is 1. The standard InChI is InChI=1S/C15H15BrN2O4S/c1-22-6-5-18(9-13-11(16)3-7-23-13)14(19)12-8-10(15(20)21)2-4-17-12/h2-4,7-8H,5-6,9H2,1H3,(H,20,21). The molecule has 1 N–H and O–H groups in total. The predicted octanol–water partition coefficient (Wildman–Crippen LogP) is 2.89. The van der Waals surface area contributed by atoms with Gasteiger partial charge in [-0.15, -0.1) is 11.3 Å². The first kappa shape index (κ1) is 17.6. The van der Waals surface area contributed by atoms with Crippen LogP contribution in [0.5, 0.6) is 0 Å². The first-order valence-electron chi connectivity index (χ1n) is 6.72. The van der Waals surface area contributed by atoms with Crippen LogP contribution in [0.3, 0.4) is 0 Å². The van der Waals surface area contributed by atoms with E-state index in [4.69, 9.17) is 9.84 Å². The molecule has 23 heavy (non-hydrogen) atoms. The van der Waals surface area contributed by atoms with Crippen LogP contribution in [0.4, 0.5) is 0 Å². The van der Waals surface area contributed by atoms with E-state index < -0.39 is 5.97 Å². The molecule has 0 bridgehead atoms. The second-order valence-electron chi connectivity index (χ2n) is 4.65. The zero-order valence-electron chi connectivity index (χ0n) is 12.4. The third-order valence-electron chi connectivity index (χ3n) is 3.10. The molecule has 0 fully saturated rings. The molecule has 2 aromatic rings. The molecule has 8 heteroatoms. The van der Waals surface area contributed by atoms with Gasteiger partial charge in [-0.1, -0.05) is 0 Å². The largest absolute Gasteiger partial charge is 0.478 e. The number of aromatic nitrogens is 1. The molecule has 0 spiro atoms. The topological polar surface area (TPSA) is 79.7 Å². The number of amides is 1. The molecule has 0 aliphatic heterocycles. The fourth-order valence-corrected chi connectivity index (χ4v) is 3.40. The van der Waals surface area contributed by atoms with E-state index in [2.05, 4.69) is 20.9 Å². The summed E-state index contributed by atoms with van der Waals surface area (Å²) in [6.45, 7) is 1.17. The van der Waals surface area contributed by atoms with E-state index in [1.165, 1.54) is 29.7 Å². The summed E-state index contributed by atoms with van der Waals surface area (Å²) in [5, 5.41) is 11.0. The summed E-state index contributed by atoms with van der Waals surface area (Å²) >= 11 is 4.98. The van der Waals surface area contributed by atoms with Crippen LogP contribution in [-0.4, -0.2) is 47.1 Å². The number of nitrogens with zero attached hydrogens (tertiary/aromatic N) is 2. The van der Waals surface area contributed by atoms with Crippen molar-refractivity contribution in [3.8, 4) is 0 Å². The maximum absolute atomic E-state index is 12.7. The minimum absolute atomic E-state index is 0.0346. The zero-order valence-corrected chi connectivity index (χ0v) is 14.8. The molecule has 0 aliphatic carbocycles. The molecule has 2 heterocycles. The normalized spacial score (nSPS) is 10.5. The Bertz CT molecular complexity index is 704. The first-order valence-corrected chi connectivity index (χ1v) is 8.39. The van der Waals surface area contributed by atoms with E-state index in [9.17, 15) is 9.59 Å². The van der Waals surface area contributed by atoms with Crippen LogP contribution < -0.4 is 0 Å². The molecule has 0 unspecified atom stereocenters. The Kier molecular flexibility index (Phi) is 6.26. The number of hydrogen-bond donors (Lipinski definition) is 1. The van der Waals surface area contributed by atoms with Crippen LogP contribution in [-0.2, 0) is 11.3 Å². The van der Waals surface area contributed by atoms with E-state index in [0.717, 1.165) is 9.35 Å². The number of halogens is 1. The maximum Gasteiger partial charge on any atom is 0.335 e. The number of pyridine rings is 1. The Morgan fingerprint density at radius 2 is 2.22 bits per heavy atom. The van der Waals surface area contributed by atoms with Crippen molar-refractivity contribution in [2.75, 3.05) is 20.3 Å². The average molecular weight is 399 g/mol. The molecule has 1 amide bonds. The summed E-state index contributed by atoms with van der Waals surface area (Å²) in [6, 6.07) is 4.56. The summed E-state index contributed by atoms with van der Waals surface area (Å²) in [4.78, 5) is 30.3. The number of carbonyl (C=O) groups excluding carboxylic acids is 1. The Balaban J connectivity index is 2.23.